The van der Waals surface area contributed by atoms with Crippen LogP contribution in [0.3, 0.4) is 0 Å². The predicted molar refractivity (Wildman–Crippen MR) is 180 cm³/mol. The Kier molecular flexibility index (Phi) is 8.13. The van der Waals surface area contributed by atoms with Crippen molar-refractivity contribution >= 4 is 17.5 Å². The summed E-state index contributed by atoms with van der Waals surface area (Å²) >= 11 is 0. The van der Waals surface area contributed by atoms with E-state index in [2.05, 4.69) is 41.5 Å². The molecule has 0 heterocycles. The fourth-order valence-corrected chi connectivity index (χ4v) is 12.1. The number of carbonyl (C=O) groups excluding carboxylic acids is 3. The van der Waals surface area contributed by atoms with Gasteiger partial charge in [0.05, 0.1) is 5.56 Å². The van der Waals surface area contributed by atoms with Crippen LogP contribution in [0.4, 0.5) is 0 Å². The van der Waals surface area contributed by atoms with Crippen LogP contribution in [0.1, 0.15) is 160 Å². The van der Waals surface area contributed by atoms with E-state index in [1.54, 1.807) is 23.3 Å². The lowest BCUT2D eigenvalue weighted by atomic mass is 9.35. The fourth-order valence-electron chi connectivity index (χ4n) is 12.1. The lowest BCUT2D eigenvalue weighted by Crippen LogP contribution is -2.62. The van der Waals surface area contributed by atoms with Gasteiger partial charge in [-0.25, -0.2) is 4.79 Å². The molecule has 0 saturated heterocycles. The Balaban J connectivity index is 1.27. The average Bonchev–Trinajstić information content (AvgIpc) is 2.98. The van der Waals surface area contributed by atoms with Crippen LogP contribution in [-0.4, -0.2) is 23.6 Å². The SMILES string of the molecule is CCCC(=O)c1ccccc1C(=O)OC1CCC2(C)C(CCC3(C)C2CCC2=C4CC(C)(C)CCC4(C(C)=O)CCC23C)C1C. The standard InChI is InChI=1S/C41H58O4/c1-9-12-33(43)28-13-10-11-14-29(28)36(44)45-34-18-19-38(6)30(26(34)2)17-20-40(8)35(38)16-15-31-32-25-37(4,5)21-23-41(32,27(3)42)24-22-39(31,40)7/h10-11,13-14,26,30,34-35H,9,12,15-25H2,1-8H3. The van der Waals surface area contributed by atoms with Crippen LogP contribution < -0.4 is 0 Å². The van der Waals surface area contributed by atoms with Gasteiger partial charge in [0.25, 0.3) is 0 Å². The van der Waals surface area contributed by atoms with Crippen LogP contribution in [0.15, 0.2) is 35.4 Å². The summed E-state index contributed by atoms with van der Waals surface area (Å²) in [4.78, 5) is 39.7. The molecule has 1 aromatic rings. The van der Waals surface area contributed by atoms with Crippen molar-refractivity contribution in [2.75, 3.05) is 0 Å². The molecule has 4 saturated carbocycles. The summed E-state index contributed by atoms with van der Waals surface area (Å²) in [5, 5.41) is 0. The van der Waals surface area contributed by atoms with Crippen LogP contribution in [0, 0.1) is 44.8 Å². The number of fused-ring (bicyclic) bond motifs is 6. The largest absolute Gasteiger partial charge is 0.458 e. The van der Waals surface area contributed by atoms with Gasteiger partial charge in [-0.15, -0.1) is 0 Å². The molecule has 5 aliphatic carbocycles. The molecule has 8 atom stereocenters. The average molecular weight is 615 g/mol. The Bertz CT molecular complexity index is 1420. The Hall–Kier alpha value is -2.23. The molecule has 5 aliphatic rings. The van der Waals surface area contributed by atoms with Crippen molar-refractivity contribution in [3.05, 3.63) is 46.5 Å². The minimum absolute atomic E-state index is 0.0149. The highest BCUT2D eigenvalue weighted by molar-refractivity contribution is 6.06. The number of allylic oxidation sites excluding steroid dienone is 2. The number of rotatable bonds is 6. The van der Waals surface area contributed by atoms with Gasteiger partial charge in [-0.2, -0.15) is 0 Å². The monoisotopic (exact) mass is 614 g/mol. The van der Waals surface area contributed by atoms with Crippen LogP contribution >= 0.6 is 0 Å². The normalized spacial score (nSPS) is 40.4. The minimum Gasteiger partial charge on any atom is -0.458 e. The van der Waals surface area contributed by atoms with Gasteiger partial charge in [-0.1, -0.05) is 77.8 Å². The molecule has 4 fully saturated rings. The van der Waals surface area contributed by atoms with E-state index in [0.29, 0.717) is 35.2 Å². The number of carbonyl (C=O) groups is 3. The number of Topliss-reactive ketones (excluding diaryl/α,β-unsaturated/α-hetero) is 2. The molecule has 0 amide bonds. The molecule has 0 N–H and O–H groups in total. The lowest BCUT2D eigenvalue weighted by Gasteiger charge is -2.70. The summed E-state index contributed by atoms with van der Waals surface area (Å²) < 4.78 is 6.30. The van der Waals surface area contributed by atoms with E-state index in [1.165, 1.54) is 12.8 Å². The van der Waals surface area contributed by atoms with Crippen molar-refractivity contribution in [1.29, 1.82) is 0 Å². The van der Waals surface area contributed by atoms with Gasteiger partial charge in [0.2, 0.25) is 0 Å². The Morgan fingerprint density at radius 1 is 0.844 bits per heavy atom. The summed E-state index contributed by atoms with van der Waals surface area (Å²) in [5.74, 6) is 1.48. The molecule has 0 spiro atoms. The van der Waals surface area contributed by atoms with Crippen LogP contribution in [-0.2, 0) is 9.53 Å². The third-order valence-corrected chi connectivity index (χ3v) is 14.9. The van der Waals surface area contributed by atoms with Crippen LogP contribution in [0.25, 0.3) is 0 Å². The summed E-state index contributed by atoms with van der Waals surface area (Å²) in [7, 11) is 0. The summed E-state index contributed by atoms with van der Waals surface area (Å²) in [6.07, 6.45) is 13.1. The zero-order valence-electron chi connectivity index (χ0n) is 29.4. The molecular weight excluding hydrogens is 556 g/mol. The maximum Gasteiger partial charge on any atom is 0.339 e. The molecule has 8 unspecified atom stereocenters. The highest BCUT2D eigenvalue weighted by Crippen LogP contribution is 2.74. The third kappa shape index (κ3) is 4.85. The smallest absolute Gasteiger partial charge is 0.339 e. The molecule has 0 radical (unpaired) electrons. The quantitative estimate of drug-likeness (QED) is 0.182. The van der Waals surface area contributed by atoms with E-state index in [1.807, 2.05) is 26.0 Å². The second-order valence-corrected chi connectivity index (χ2v) is 17.5. The summed E-state index contributed by atoms with van der Waals surface area (Å²) in [5.41, 5.74) is 4.70. The number of ketones is 2. The van der Waals surface area contributed by atoms with E-state index in [-0.39, 0.29) is 50.8 Å². The maximum absolute atomic E-state index is 13.5. The summed E-state index contributed by atoms with van der Waals surface area (Å²) in [6.45, 7) is 18.8. The van der Waals surface area contributed by atoms with Gasteiger partial charge >= 0.3 is 5.97 Å². The zero-order valence-corrected chi connectivity index (χ0v) is 29.4. The van der Waals surface area contributed by atoms with Crippen molar-refractivity contribution in [2.24, 2.45) is 44.8 Å². The van der Waals surface area contributed by atoms with Gasteiger partial charge < -0.3 is 4.74 Å². The van der Waals surface area contributed by atoms with Crippen LogP contribution in [0.5, 0.6) is 0 Å². The first kappa shape index (κ1) is 32.7. The molecule has 4 heteroatoms. The zero-order chi connectivity index (χ0) is 32.6. The van der Waals surface area contributed by atoms with Crippen LogP contribution in [0.2, 0.25) is 0 Å². The van der Waals surface area contributed by atoms with E-state index in [0.717, 1.165) is 64.2 Å². The molecule has 246 valence electrons. The van der Waals surface area contributed by atoms with Gasteiger partial charge in [0, 0.05) is 17.4 Å². The van der Waals surface area contributed by atoms with E-state index in [9.17, 15) is 14.4 Å². The first-order valence-electron chi connectivity index (χ1n) is 18.2. The molecule has 0 bridgehead atoms. The molecule has 0 aromatic heterocycles. The number of esters is 1. The Morgan fingerprint density at radius 3 is 2.22 bits per heavy atom. The number of benzene rings is 1. The highest BCUT2D eigenvalue weighted by Gasteiger charge is 2.66. The molecule has 0 aliphatic heterocycles. The second kappa shape index (κ2) is 11.2. The topological polar surface area (TPSA) is 60.4 Å². The lowest BCUT2D eigenvalue weighted by molar-refractivity contribution is -0.181. The number of hydrogen-bond donors (Lipinski definition) is 0. The van der Waals surface area contributed by atoms with Gasteiger partial charge in [-0.05, 0) is 129 Å². The fraction of sp³-hybridized carbons (Fsp3) is 0.732. The van der Waals surface area contributed by atoms with Crippen molar-refractivity contribution in [3.8, 4) is 0 Å². The second-order valence-electron chi connectivity index (χ2n) is 17.5. The number of hydrogen-bond acceptors (Lipinski definition) is 4. The van der Waals surface area contributed by atoms with Crippen molar-refractivity contribution in [3.63, 3.8) is 0 Å². The predicted octanol–water partition coefficient (Wildman–Crippen LogP) is 10.3. The van der Waals surface area contributed by atoms with E-state index < -0.39 is 0 Å². The molecule has 45 heavy (non-hydrogen) atoms. The highest BCUT2D eigenvalue weighted by atomic mass is 16.5. The van der Waals surface area contributed by atoms with E-state index >= 15 is 0 Å². The van der Waals surface area contributed by atoms with E-state index in [4.69, 9.17) is 4.74 Å². The Morgan fingerprint density at radius 2 is 1.53 bits per heavy atom. The molecule has 1 aromatic carbocycles. The van der Waals surface area contributed by atoms with Gasteiger partial charge in [0.1, 0.15) is 11.9 Å². The van der Waals surface area contributed by atoms with Crippen molar-refractivity contribution in [1.82, 2.24) is 0 Å². The Labute approximate surface area is 272 Å². The molecular formula is C41H58O4. The molecule has 6 rings (SSSR count). The molecule has 4 nitrogen and oxygen atoms in total. The first-order valence-corrected chi connectivity index (χ1v) is 18.2. The van der Waals surface area contributed by atoms with Crippen molar-refractivity contribution in [2.45, 2.75) is 145 Å². The third-order valence-electron chi connectivity index (χ3n) is 14.9. The number of ether oxygens (including phenoxy) is 1. The van der Waals surface area contributed by atoms with Gasteiger partial charge in [0.15, 0.2) is 5.78 Å². The first-order chi connectivity index (χ1) is 21.1. The maximum atomic E-state index is 13.5. The van der Waals surface area contributed by atoms with Gasteiger partial charge in [-0.3, -0.25) is 9.59 Å². The summed E-state index contributed by atoms with van der Waals surface area (Å²) in [6, 6.07) is 7.18. The minimum atomic E-state index is -0.343. The van der Waals surface area contributed by atoms with Crippen molar-refractivity contribution < 1.29 is 19.1 Å².